The topological polar surface area (TPSA) is 55.6 Å². The van der Waals surface area contributed by atoms with E-state index >= 15 is 0 Å². The van der Waals surface area contributed by atoms with Crippen molar-refractivity contribution in [2.45, 2.75) is 56.4 Å². The number of rotatable bonds is 5. The Bertz CT molecular complexity index is 1130. The molecule has 170 valence electrons. The van der Waals surface area contributed by atoms with E-state index in [0.717, 1.165) is 31.7 Å². The fourth-order valence-electron chi connectivity index (χ4n) is 6.76. The van der Waals surface area contributed by atoms with Crippen LogP contribution in [0.1, 0.15) is 59.3 Å². The third-order valence-corrected chi connectivity index (χ3v) is 8.26. The number of esters is 1. The minimum absolute atomic E-state index is 0.217. The molecule has 0 N–H and O–H groups in total. The highest BCUT2D eigenvalue weighted by molar-refractivity contribution is 5.90. The number of carbonyl (C=O) groups is 1. The molecular formula is C28H30N2O3. The van der Waals surface area contributed by atoms with Crippen molar-refractivity contribution in [3.63, 3.8) is 0 Å². The molecule has 1 aliphatic heterocycles. The summed E-state index contributed by atoms with van der Waals surface area (Å²) in [5.74, 6) is 2.06. The molecule has 33 heavy (non-hydrogen) atoms. The van der Waals surface area contributed by atoms with Crippen molar-refractivity contribution >= 4 is 5.97 Å². The molecule has 3 heterocycles. The highest BCUT2D eigenvalue weighted by Gasteiger charge is 2.53. The lowest BCUT2D eigenvalue weighted by molar-refractivity contribution is -0.0112. The van der Waals surface area contributed by atoms with Crippen LogP contribution in [0, 0.1) is 5.92 Å². The van der Waals surface area contributed by atoms with E-state index in [1.807, 2.05) is 12.1 Å². The van der Waals surface area contributed by atoms with Gasteiger partial charge < -0.3 is 9.15 Å². The molecule has 3 atom stereocenters. The van der Waals surface area contributed by atoms with Gasteiger partial charge in [-0.3, -0.25) is 9.88 Å². The van der Waals surface area contributed by atoms with E-state index in [9.17, 15) is 4.79 Å². The summed E-state index contributed by atoms with van der Waals surface area (Å²) >= 11 is 0. The number of aromatic nitrogens is 1. The fraction of sp³-hybridized carbons (Fsp3) is 0.429. The smallest absolute Gasteiger partial charge is 0.345 e. The van der Waals surface area contributed by atoms with Crippen LogP contribution < -0.4 is 4.74 Å². The predicted octanol–water partition coefficient (Wildman–Crippen LogP) is 5.19. The van der Waals surface area contributed by atoms with Crippen molar-refractivity contribution in [1.82, 2.24) is 9.88 Å². The van der Waals surface area contributed by atoms with Crippen LogP contribution in [0.5, 0.6) is 5.75 Å². The number of furan rings is 1. The Morgan fingerprint density at radius 3 is 3.00 bits per heavy atom. The number of benzene rings is 1. The molecule has 6 rings (SSSR count). The fourth-order valence-corrected chi connectivity index (χ4v) is 6.76. The molecule has 3 aliphatic rings. The highest BCUT2D eigenvalue weighted by Crippen LogP contribution is 2.56. The zero-order chi connectivity index (χ0) is 22.3. The Hall–Kier alpha value is -2.92. The average Bonchev–Trinajstić information content (AvgIpc) is 3.38. The molecule has 2 bridgehead atoms. The zero-order valence-corrected chi connectivity index (χ0v) is 18.9. The minimum atomic E-state index is -0.345. The van der Waals surface area contributed by atoms with Crippen molar-refractivity contribution in [2.75, 3.05) is 13.1 Å². The van der Waals surface area contributed by atoms with Gasteiger partial charge in [0.05, 0.1) is 11.8 Å². The SMILES string of the molecule is O=C(Oc1ccc2c(c1)[C@]13CCCC[C@H]1[C@@H](C2)N(CCc1ccco1)CC3)c1cccnc1. The van der Waals surface area contributed by atoms with Crippen LogP contribution in [0.25, 0.3) is 0 Å². The first-order valence-electron chi connectivity index (χ1n) is 12.2. The van der Waals surface area contributed by atoms with Crippen molar-refractivity contribution < 1.29 is 13.9 Å². The second kappa shape index (κ2) is 8.45. The largest absolute Gasteiger partial charge is 0.469 e. The molecule has 2 fully saturated rings. The van der Waals surface area contributed by atoms with E-state index in [-0.39, 0.29) is 11.4 Å². The van der Waals surface area contributed by atoms with E-state index in [0.29, 0.717) is 23.3 Å². The van der Waals surface area contributed by atoms with Crippen LogP contribution in [0.4, 0.5) is 0 Å². The first-order valence-corrected chi connectivity index (χ1v) is 12.2. The van der Waals surface area contributed by atoms with Gasteiger partial charge in [-0.2, -0.15) is 0 Å². The standard InChI is InChI=1S/C28H30N2O3/c31-27(21-5-3-13-29-19-21)33-23-9-8-20-17-26-24-7-1-2-11-28(24,25(20)18-23)12-15-30(26)14-10-22-6-4-16-32-22/h3-6,8-9,13,16,18-19,24,26H,1-2,7,10-12,14-15,17H2/t24-,26+,28-/m0/s1. The molecule has 1 aromatic carbocycles. The Labute approximate surface area is 194 Å². The van der Waals surface area contributed by atoms with Gasteiger partial charge in [0.15, 0.2) is 0 Å². The summed E-state index contributed by atoms with van der Waals surface area (Å²) in [6.45, 7) is 2.18. The van der Waals surface area contributed by atoms with E-state index in [4.69, 9.17) is 9.15 Å². The summed E-state index contributed by atoms with van der Waals surface area (Å²) in [5, 5.41) is 0. The van der Waals surface area contributed by atoms with Gasteiger partial charge in [0.1, 0.15) is 11.5 Å². The van der Waals surface area contributed by atoms with Crippen molar-refractivity contribution in [2.24, 2.45) is 5.92 Å². The van der Waals surface area contributed by atoms with Gasteiger partial charge in [0.2, 0.25) is 0 Å². The second-order valence-corrected chi connectivity index (χ2v) is 9.85. The van der Waals surface area contributed by atoms with Gasteiger partial charge in [-0.1, -0.05) is 18.9 Å². The number of ether oxygens (including phenoxy) is 1. The number of likely N-dealkylation sites (tertiary alicyclic amines) is 1. The maximum absolute atomic E-state index is 12.6. The lowest BCUT2D eigenvalue weighted by Crippen LogP contribution is -2.61. The number of hydrogen-bond acceptors (Lipinski definition) is 5. The molecule has 0 amide bonds. The molecule has 5 nitrogen and oxygen atoms in total. The molecular weight excluding hydrogens is 412 g/mol. The zero-order valence-electron chi connectivity index (χ0n) is 18.9. The summed E-state index contributed by atoms with van der Waals surface area (Å²) in [4.78, 5) is 19.4. The summed E-state index contributed by atoms with van der Waals surface area (Å²) < 4.78 is 11.4. The molecule has 3 aromatic rings. The number of fused-ring (bicyclic) bond motifs is 1. The number of pyridine rings is 1. The number of carbonyl (C=O) groups excluding carboxylic acids is 1. The normalized spacial score (nSPS) is 26.3. The molecule has 5 heteroatoms. The quantitative estimate of drug-likeness (QED) is 0.402. The lowest BCUT2D eigenvalue weighted by atomic mass is 9.52. The highest BCUT2D eigenvalue weighted by atomic mass is 16.5. The molecule has 0 unspecified atom stereocenters. The third kappa shape index (κ3) is 3.68. The van der Waals surface area contributed by atoms with Gasteiger partial charge in [0.25, 0.3) is 0 Å². The van der Waals surface area contributed by atoms with Crippen LogP contribution in [-0.2, 0) is 18.3 Å². The molecule has 2 aliphatic carbocycles. The maximum Gasteiger partial charge on any atom is 0.345 e. The van der Waals surface area contributed by atoms with Gasteiger partial charge in [-0.25, -0.2) is 4.79 Å². The van der Waals surface area contributed by atoms with Gasteiger partial charge in [-0.05, 0) is 85.7 Å². The van der Waals surface area contributed by atoms with Crippen molar-refractivity contribution in [3.8, 4) is 5.75 Å². The summed E-state index contributed by atoms with van der Waals surface area (Å²) in [6, 6.07) is 14.5. The van der Waals surface area contributed by atoms with E-state index in [1.165, 1.54) is 43.2 Å². The predicted molar refractivity (Wildman–Crippen MR) is 125 cm³/mol. The summed E-state index contributed by atoms with van der Waals surface area (Å²) in [5.41, 5.74) is 3.57. The molecule has 2 aromatic heterocycles. The Balaban J connectivity index is 1.28. The molecule has 1 saturated carbocycles. The molecule has 1 saturated heterocycles. The van der Waals surface area contributed by atoms with Gasteiger partial charge in [-0.15, -0.1) is 0 Å². The Kier molecular flexibility index (Phi) is 5.30. The van der Waals surface area contributed by atoms with Crippen LogP contribution in [0.15, 0.2) is 65.5 Å². The van der Waals surface area contributed by atoms with E-state index < -0.39 is 0 Å². The maximum atomic E-state index is 12.6. The monoisotopic (exact) mass is 442 g/mol. The first-order chi connectivity index (χ1) is 16.2. The van der Waals surface area contributed by atoms with Crippen molar-refractivity contribution in [1.29, 1.82) is 0 Å². The summed E-state index contributed by atoms with van der Waals surface area (Å²) in [7, 11) is 0. The minimum Gasteiger partial charge on any atom is -0.469 e. The van der Waals surface area contributed by atoms with E-state index in [2.05, 4.69) is 28.1 Å². The lowest BCUT2D eigenvalue weighted by Gasteiger charge is -2.59. The number of piperidine rings is 1. The number of nitrogens with zero attached hydrogens (tertiary/aromatic N) is 2. The van der Waals surface area contributed by atoms with Crippen molar-refractivity contribution in [3.05, 3.63) is 83.6 Å². The molecule has 0 spiro atoms. The number of hydrogen-bond donors (Lipinski definition) is 0. The van der Waals surface area contributed by atoms with Crippen LogP contribution in [-0.4, -0.2) is 35.0 Å². The van der Waals surface area contributed by atoms with Gasteiger partial charge in [0, 0.05) is 36.8 Å². The average molecular weight is 443 g/mol. The third-order valence-electron chi connectivity index (χ3n) is 8.26. The van der Waals surface area contributed by atoms with Crippen LogP contribution in [0.2, 0.25) is 0 Å². The second-order valence-electron chi connectivity index (χ2n) is 9.85. The van der Waals surface area contributed by atoms with E-state index in [1.54, 1.807) is 30.8 Å². The van der Waals surface area contributed by atoms with Crippen LogP contribution >= 0.6 is 0 Å². The first kappa shape index (κ1) is 20.7. The molecule has 0 radical (unpaired) electrons. The Morgan fingerprint density at radius 2 is 2.15 bits per heavy atom. The van der Waals surface area contributed by atoms with Crippen LogP contribution in [0.3, 0.4) is 0 Å². The van der Waals surface area contributed by atoms with Gasteiger partial charge >= 0.3 is 5.97 Å². The summed E-state index contributed by atoms with van der Waals surface area (Å²) in [6.07, 6.45) is 13.4. The Morgan fingerprint density at radius 1 is 1.18 bits per heavy atom.